The first kappa shape index (κ1) is 15.5. The Morgan fingerprint density at radius 2 is 2.08 bits per heavy atom. The average molecular weight is 337 g/mol. The third-order valence-corrected chi connectivity index (χ3v) is 4.58. The number of anilines is 1. The van der Waals surface area contributed by atoms with Gasteiger partial charge in [0, 0.05) is 44.6 Å². The van der Waals surface area contributed by atoms with Crippen LogP contribution >= 0.6 is 0 Å². The summed E-state index contributed by atoms with van der Waals surface area (Å²) in [6, 6.07) is 3.80. The molecule has 1 amide bonds. The molecule has 1 aliphatic heterocycles. The lowest BCUT2D eigenvalue weighted by Gasteiger charge is -2.32. The fourth-order valence-electron chi connectivity index (χ4n) is 3.37. The Bertz CT molecular complexity index is 892. The minimum atomic E-state index is -0.178. The van der Waals surface area contributed by atoms with Crippen molar-refractivity contribution in [1.29, 1.82) is 0 Å². The summed E-state index contributed by atoms with van der Waals surface area (Å²) in [5.74, 6) is 0.854. The molecule has 8 nitrogen and oxygen atoms in total. The van der Waals surface area contributed by atoms with Crippen molar-refractivity contribution in [3.63, 3.8) is 0 Å². The van der Waals surface area contributed by atoms with E-state index in [9.17, 15) is 4.79 Å². The van der Waals surface area contributed by atoms with Crippen molar-refractivity contribution in [3.8, 4) is 0 Å². The number of carbonyl (C=O) groups is 1. The zero-order chi connectivity index (χ0) is 17.2. The van der Waals surface area contributed by atoms with Gasteiger partial charge in [-0.3, -0.25) is 4.79 Å². The monoisotopic (exact) mass is 337 g/mol. The molecular weight excluding hydrogens is 318 g/mol. The molecule has 0 aromatic carbocycles. The molecule has 0 saturated carbocycles. The maximum atomic E-state index is 12.0. The minimum absolute atomic E-state index is 0.178. The first-order valence-corrected chi connectivity index (χ1v) is 8.34. The molecule has 25 heavy (non-hydrogen) atoms. The second-order valence-electron chi connectivity index (χ2n) is 6.08. The lowest BCUT2D eigenvalue weighted by molar-refractivity contribution is 0.0964. The van der Waals surface area contributed by atoms with Gasteiger partial charge in [-0.05, 0) is 25.0 Å². The second kappa shape index (κ2) is 6.46. The standard InChI is InChI=1S/C17H19N7O/c1-18-16(25)13-10-22-24-14(5-8-19-15(13)24)12-4-2-9-23(11-12)17-20-6-3-7-21-17/h3,5-8,10,12H,2,4,9,11H2,1H3,(H,18,25)/t12-/m0/s1. The molecule has 0 aliphatic carbocycles. The van der Waals surface area contributed by atoms with Crippen LogP contribution in [-0.2, 0) is 0 Å². The summed E-state index contributed by atoms with van der Waals surface area (Å²) < 4.78 is 1.78. The zero-order valence-electron chi connectivity index (χ0n) is 14.0. The molecule has 0 radical (unpaired) electrons. The van der Waals surface area contributed by atoms with E-state index in [-0.39, 0.29) is 11.8 Å². The number of aromatic nitrogens is 5. The smallest absolute Gasteiger partial charge is 0.256 e. The Morgan fingerprint density at radius 3 is 2.88 bits per heavy atom. The molecule has 1 fully saturated rings. The molecule has 0 spiro atoms. The van der Waals surface area contributed by atoms with Gasteiger partial charge < -0.3 is 10.2 Å². The molecule has 1 atom stereocenters. The summed E-state index contributed by atoms with van der Waals surface area (Å²) in [7, 11) is 1.61. The largest absolute Gasteiger partial charge is 0.355 e. The number of hydrogen-bond donors (Lipinski definition) is 1. The van der Waals surface area contributed by atoms with Gasteiger partial charge in [0.2, 0.25) is 5.95 Å². The maximum absolute atomic E-state index is 12.0. The summed E-state index contributed by atoms with van der Waals surface area (Å²) in [5.41, 5.74) is 2.13. The van der Waals surface area contributed by atoms with Crippen LogP contribution in [0.5, 0.6) is 0 Å². The molecule has 4 heterocycles. The first-order valence-electron chi connectivity index (χ1n) is 8.34. The topological polar surface area (TPSA) is 88.3 Å². The summed E-state index contributed by atoms with van der Waals surface area (Å²) in [4.78, 5) is 27.2. The van der Waals surface area contributed by atoms with E-state index in [0.29, 0.717) is 11.2 Å². The van der Waals surface area contributed by atoms with Crippen molar-refractivity contribution in [2.45, 2.75) is 18.8 Å². The quantitative estimate of drug-likeness (QED) is 0.774. The Hall–Kier alpha value is -3.03. The number of nitrogens with zero attached hydrogens (tertiary/aromatic N) is 6. The summed E-state index contributed by atoms with van der Waals surface area (Å²) in [6.07, 6.45) is 8.95. The number of carbonyl (C=O) groups excluding carboxylic acids is 1. The number of piperidine rings is 1. The van der Waals surface area contributed by atoms with E-state index in [1.807, 2.05) is 12.1 Å². The number of nitrogens with one attached hydrogen (secondary N) is 1. The number of rotatable bonds is 3. The van der Waals surface area contributed by atoms with Gasteiger partial charge >= 0.3 is 0 Å². The maximum Gasteiger partial charge on any atom is 0.256 e. The van der Waals surface area contributed by atoms with Crippen LogP contribution in [0.2, 0.25) is 0 Å². The molecule has 0 bridgehead atoms. The minimum Gasteiger partial charge on any atom is -0.355 e. The van der Waals surface area contributed by atoms with Crippen molar-refractivity contribution in [2.75, 3.05) is 25.0 Å². The van der Waals surface area contributed by atoms with Gasteiger partial charge in [-0.25, -0.2) is 19.5 Å². The lowest BCUT2D eigenvalue weighted by atomic mass is 9.94. The molecule has 0 unspecified atom stereocenters. The van der Waals surface area contributed by atoms with Gasteiger partial charge in [0.15, 0.2) is 5.65 Å². The van der Waals surface area contributed by atoms with E-state index in [4.69, 9.17) is 0 Å². The fraction of sp³-hybridized carbons (Fsp3) is 0.353. The predicted molar refractivity (Wildman–Crippen MR) is 92.6 cm³/mol. The van der Waals surface area contributed by atoms with Crippen LogP contribution in [0, 0.1) is 0 Å². The van der Waals surface area contributed by atoms with Crippen molar-refractivity contribution in [3.05, 3.63) is 48.2 Å². The van der Waals surface area contributed by atoms with Crippen LogP contribution in [0.3, 0.4) is 0 Å². The van der Waals surface area contributed by atoms with E-state index in [1.165, 1.54) is 0 Å². The molecule has 8 heteroatoms. The van der Waals surface area contributed by atoms with Crippen molar-refractivity contribution >= 4 is 17.5 Å². The van der Waals surface area contributed by atoms with Crippen LogP contribution < -0.4 is 10.2 Å². The highest BCUT2D eigenvalue weighted by atomic mass is 16.1. The number of fused-ring (bicyclic) bond motifs is 1. The van der Waals surface area contributed by atoms with Gasteiger partial charge in [0.25, 0.3) is 5.91 Å². The highest BCUT2D eigenvalue weighted by molar-refractivity contribution is 5.99. The second-order valence-corrected chi connectivity index (χ2v) is 6.08. The molecule has 1 N–H and O–H groups in total. The Balaban J connectivity index is 1.67. The van der Waals surface area contributed by atoms with Crippen LogP contribution in [0.4, 0.5) is 5.95 Å². The van der Waals surface area contributed by atoms with Crippen LogP contribution in [0.15, 0.2) is 36.9 Å². The number of hydrogen-bond acceptors (Lipinski definition) is 6. The van der Waals surface area contributed by atoms with Gasteiger partial charge in [-0.15, -0.1) is 0 Å². The normalized spacial score (nSPS) is 17.6. The predicted octanol–water partition coefficient (Wildman–Crippen LogP) is 1.26. The van der Waals surface area contributed by atoms with Crippen molar-refractivity contribution < 1.29 is 4.79 Å². The van der Waals surface area contributed by atoms with Crippen LogP contribution in [0.25, 0.3) is 5.65 Å². The Labute approximate surface area is 144 Å². The zero-order valence-corrected chi connectivity index (χ0v) is 14.0. The van der Waals surface area contributed by atoms with Crippen molar-refractivity contribution in [1.82, 2.24) is 29.9 Å². The average Bonchev–Trinajstić information content (AvgIpc) is 3.12. The van der Waals surface area contributed by atoms with Gasteiger partial charge in [0.1, 0.15) is 5.56 Å². The first-order chi connectivity index (χ1) is 12.3. The van der Waals surface area contributed by atoms with E-state index in [0.717, 1.165) is 37.6 Å². The van der Waals surface area contributed by atoms with Crippen molar-refractivity contribution in [2.24, 2.45) is 0 Å². The summed E-state index contributed by atoms with van der Waals surface area (Å²) in [6.45, 7) is 1.76. The Kier molecular flexibility index (Phi) is 4.01. The van der Waals surface area contributed by atoms with E-state index in [2.05, 4.69) is 30.3 Å². The molecule has 4 rings (SSSR count). The molecule has 3 aromatic heterocycles. The van der Waals surface area contributed by atoms with Gasteiger partial charge in [0.05, 0.1) is 11.9 Å². The van der Waals surface area contributed by atoms with E-state index < -0.39 is 0 Å². The van der Waals surface area contributed by atoms with Gasteiger partial charge in [-0.1, -0.05) is 0 Å². The lowest BCUT2D eigenvalue weighted by Crippen LogP contribution is -2.36. The van der Waals surface area contributed by atoms with Gasteiger partial charge in [-0.2, -0.15) is 5.10 Å². The molecule has 3 aromatic rings. The fourth-order valence-corrected chi connectivity index (χ4v) is 3.37. The van der Waals surface area contributed by atoms with Crippen LogP contribution in [0.1, 0.15) is 34.8 Å². The molecule has 1 saturated heterocycles. The third kappa shape index (κ3) is 2.79. The summed E-state index contributed by atoms with van der Waals surface area (Å²) in [5, 5.41) is 7.03. The SMILES string of the molecule is CNC(=O)c1cnn2c([C@H]3CCCN(c4ncccn4)C3)ccnc12. The van der Waals surface area contributed by atoms with E-state index >= 15 is 0 Å². The molecule has 128 valence electrons. The molecular formula is C17H19N7O. The highest BCUT2D eigenvalue weighted by Gasteiger charge is 2.26. The van der Waals surface area contributed by atoms with Crippen LogP contribution in [-0.4, -0.2) is 50.6 Å². The van der Waals surface area contributed by atoms with E-state index in [1.54, 1.807) is 36.4 Å². The number of amides is 1. The highest BCUT2D eigenvalue weighted by Crippen LogP contribution is 2.28. The molecule has 1 aliphatic rings. The third-order valence-electron chi connectivity index (χ3n) is 4.58. The summed E-state index contributed by atoms with van der Waals surface area (Å²) >= 11 is 0. The Morgan fingerprint density at radius 1 is 1.24 bits per heavy atom.